The maximum absolute atomic E-state index is 12.7. The molecule has 1 N–H and O–H groups in total. The SMILES string of the molecule is Cc1cc(NS(=O)(=O)c2nccn2C(C)C)c2ncccc2c1. The molecule has 0 bridgehead atoms. The summed E-state index contributed by atoms with van der Waals surface area (Å²) in [5.74, 6) is 0. The standard InChI is InChI=1S/C16H18N4O2S/c1-11(2)20-8-7-18-16(20)23(21,22)19-14-10-12(3)9-13-5-4-6-17-15(13)14/h4-11,19H,1-3H3. The van der Waals surface area contributed by atoms with Crippen molar-refractivity contribution in [2.75, 3.05) is 4.72 Å². The number of pyridine rings is 1. The molecule has 0 unspecified atom stereocenters. The van der Waals surface area contributed by atoms with Gasteiger partial charge in [-0.05, 0) is 44.5 Å². The molecular formula is C16H18N4O2S. The number of anilines is 1. The molecule has 2 heterocycles. The Bertz CT molecular complexity index is 961. The van der Waals surface area contributed by atoms with Crippen molar-refractivity contribution in [1.82, 2.24) is 14.5 Å². The van der Waals surface area contributed by atoms with Crippen molar-refractivity contribution in [3.8, 4) is 0 Å². The Balaban J connectivity index is 2.09. The van der Waals surface area contributed by atoms with E-state index in [0.29, 0.717) is 11.2 Å². The van der Waals surface area contributed by atoms with Crippen molar-refractivity contribution in [2.24, 2.45) is 0 Å². The molecule has 0 saturated heterocycles. The molecule has 0 aliphatic heterocycles. The molecule has 6 nitrogen and oxygen atoms in total. The Kier molecular flexibility index (Phi) is 3.81. The molecule has 0 aliphatic carbocycles. The number of nitrogens with one attached hydrogen (secondary N) is 1. The van der Waals surface area contributed by atoms with Gasteiger partial charge >= 0.3 is 0 Å². The molecule has 7 heteroatoms. The number of fused-ring (bicyclic) bond motifs is 1. The number of imidazole rings is 1. The first-order valence-corrected chi connectivity index (χ1v) is 8.78. The largest absolute Gasteiger partial charge is 0.318 e. The summed E-state index contributed by atoms with van der Waals surface area (Å²) in [7, 11) is -3.79. The number of aryl methyl sites for hydroxylation is 1. The highest BCUT2D eigenvalue weighted by Crippen LogP contribution is 2.26. The van der Waals surface area contributed by atoms with Crippen molar-refractivity contribution >= 4 is 26.6 Å². The third kappa shape index (κ3) is 2.92. The second-order valence-electron chi connectivity index (χ2n) is 5.70. The summed E-state index contributed by atoms with van der Waals surface area (Å²) in [6.07, 6.45) is 4.79. The highest BCUT2D eigenvalue weighted by Gasteiger charge is 2.23. The minimum Gasteiger partial charge on any atom is -0.318 e. The minimum absolute atomic E-state index is 0.00177. The van der Waals surface area contributed by atoms with Crippen molar-refractivity contribution in [3.63, 3.8) is 0 Å². The van der Waals surface area contributed by atoms with Crippen LogP contribution in [0.1, 0.15) is 25.5 Å². The molecule has 2 aromatic heterocycles. The highest BCUT2D eigenvalue weighted by molar-refractivity contribution is 7.92. The van der Waals surface area contributed by atoms with E-state index >= 15 is 0 Å². The van der Waals surface area contributed by atoms with E-state index in [0.717, 1.165) is 10.9 Å². The zero-order valence-corrected chi connectivity index (χ0v) is 14.0. The molecule has 23 heavy (non-hydrogen) atoms. The smallest absolute Gasteiger partial charge is 0.296 e. The first-order valence-electron chi connectivity index (χ1n) is 7.29. The summed E-state index contributed by atoms with van der Waals surface area (Å²) >= 11 is 0. The number of rotatable bonds is 4. The van der Waals surface area contributed by atoms with E-state index in [1.165, 1.54) is 6.20 Å². The van der Waals surface area contributed by atoms with Gasteiger partial charge in [0.2, 0.25) is 5.16 Å². The lowest BCUT2D eigenvalue weighted by molar-refractivity contribution is 0.522. The van der Waals surface area contributed by atoms with Crippen LogP contribution in [-0.2, 0) is 10.0 Å². The number of aromatic nitrogens is 3. The quantitative estimate of drug-likeness (QED) is 0.797. The average molecular weight is 330 g/mol. The monoisotopic (exact) mass is 330 g/mol. The maximum Gasteiger partial charge on any atom is 0.296 e. The normalized spacial score (nSPS) is 12.0. The Morgan fingerprint density at radius 1 is 1.17 bits per heavy atom. The van der Waals surface area contributed by atoms with Crippen molar-refractivity contribution in [1.29, 1.82) is 0 Å². The van der Waals surface area contributed by atoms with Gasteiger partial charge in [0, 0.05) is 30.0 Å². The van der Waals surface area contributed by atoms with Crippen LogP contribution >= 0.6 is 0 Å². The third-order valence-corrected chi connectivity index (χ3v) is 4.81. The molecule has 1 aromatic carbocycles. The summed E-state index contributed by atoms with van der Waals surface area (Å²) in [5, 5.41) is 0.885. The van der Waals surface area contributed by atoms with Gasteiger partial charge < -0.3 is 4.57 Å². The maximum atomic E-state index is 12.7. The predicted octanol–water partition coefficient (Wildman–Crippen LogP) is 3.12. The molecule has 0 saturated carbocycles. The fourth-order valence-electron chi connectivity index (χ4n) is 2.51. The zero-order valence-electron chi connectivity index (χ0n) is 13.2. The fourth-order valence-corrected chi connectivity index (χ4v) is 3.80. The van der Waals surface area contributed by atoms with Gasteiger partial charge in [-0.15, -0.1) is 0 Å². The van der Waals surface area contributed by atoms with Crippen LogP contribution in [0.4, 0.5) is 5.69 Å². The fraction of sp³-hybridized carbons (Fsp3) is 0.250. The molecule has 0 amide bonds. The van der Waals surface area contributed by atoms with Crippen molar-refractivity contribution < 1.29 is 8.42 Å². The van der Waals surface area contributed by atoms with Crippen molar-refractivity contribution in [3.05, 3.63) is 48.4 Å². The van der Waals surface area contributed by atoms with Gasteiger partial charge in [0.15, 0.2) is 0 Å². The minimum atomic E-state index is -3.79. The lowest BCUT2D eigenvalue weighted by atomic mass is 10.1. The van der Waals surface area contributed by atoms with Crippen LogP contribution in [0.3, 0.4) is 0 Å². The van der Waals surface area contributed by atoms with E-state index in [9.17, 15) is 8.42 Å². The van der Waals surface area contributed by atoms with Crippen LogP contribution in [-0.4, -0.2) is 23.0 Å². The van der Waals surface area contributed by atoms with Gasteiger partial charge in [-0.1, -0.05) is 6.07 Å². The number of nitrogens with zero attached hydrogens (tertiary/aromatic N) is 3. The molecule has 0 spiro atoms. The molecule has 0 radical (unpaired) electrons. The molecule has 3 aromatic rings. The number of hydrogen-bond acceptors (Lipinski definition) is 4. The van der Waals surface area contributed by atoms with Crippen LogP contribution in [0.15, 0.2) is 48.0 Å². The first kappa shape index (κ1) is 15.5. The Hall–Kier alpha value is -2.41. The van der Waals surface area contributed by atoms with Crippen LogP contribution in [0.5, 0.6) is 0 Å². The van der Waals surface area contributed by atoms with Crippen LogP contribution < -0.4 is 4.72 Å². The lowest BCUT2D eigenvalue weighted by Gasteiger charge is -2.14. The number of sulfonamides is 1. The molecule has 3 rings (SSSR count). The first-order chi connectivity index (χ1) is 10.9. The van der Waals surface area contributed by atoms with Gasteiger partial charge in [0.1, 0.15) is 0 Å². The van der Waals surface area contributed by atoms with Gasteiger partial charge in [0.05, 0.1) is 11.2 Å². The molecule has 0 aliphatic rings. The average Bonchev–Trinajstić information content (AvgIpc) is 2.97. The molecule has 0 atom stereocenters. The Labute approximate surface area is 135 Å². The van der Waals surface area contributed by atoms with Crippen LogP contribution in [0.2, 0.25) is 0 Å². The van der Waals surface area contributed by atoms with E-state index in [4.69, 9.17) is 0 Å². The number of benzene rings is 1. The summed E-state index contributed by atoms with van der Waals surface area (Å²) in [6, 6.07) is 7.47. The van der Waals surface area contributed by atoms with E-state index in [2.05, 4.69) is 14.7 Å². The van der Waals surface area contributed by atoms with Gasteiger partial charge in [-0.25, -0.2) is 4.98 Å². The predicted molar refractivity (Wildman–Crippen MR) is 89.9 cm³/mol. The van der Waals surface area contributed by atoms with E-state index in [1.807, 2.05) is 39.0 Å². The van der Waals surface area contributed by atoms with Gasteiger partial charge in [0.25, 0.3) is 10.0 Å². The highest BCUT2D eigenvalue weighted by atomic mass is 32.2. The van der Waals surface area contributed by atoms with Gasteiger partial charge in [-0.3, -0.25) is 9.71 Å². The van der Waals surface area contributed by atoms with Crippen molar-refractivity contribution in [2.45, 2.75) is 32.0 Å². The molecule has 120 valence electrons. The second kappa shape index (κ2) is 5.66. The third-order valence-electron chi connectivity index (χ3n) is 3.52. The van der Waals surface area contributed by atoms with Crippen LogP contribution in [0.25, 0.3) is 10.9 Å². The second-order valence-corrected chi connectivity index (χ2v) is 7.28. The van der Waals surface area contributed by atoms with E-state index in [1.54, 1.807) is 23.0 Å². The summed E-state index contributed by atoms with van der Waals surface area (Å²) in [6.45, 7) is 5.73. The zero-order chi connectivity index (χ0) is 16.6. The van der Waals surface area contributed by atoms with Crippen LogP contribution in [0, 0.1) is 6.92 Å². The molecule has 0 fully saturated rings. The van der Waals surface area contributed by atoms with E-state index in [-0.39, 0.29) is 11.2 Å². The summed E-state index contributed by atoms with van der Waals surface area (Å²) in [5.41, 5.74) is 2.03. The Morgan fingerprint density at radius 3 is 2.70 bits per heavy atom. The number of hydrogen-bond donors (Lipinski definition) is 1. The molecular weight excluding hydrogens is 312 g/mol. The lowest BCUT2D eigenvalue weighted by Crippen LogP contribution is -2.19. The Morgan fingerprint density at radius 2 is 1.96 bits per heavy atom. The topological polar surface area (TPSA) is 76.9 Å². The van der Waals surface area contributed by atoms with E-state index < -0.39 is 10.0 Å². The van der Waals surface area contributed by atoms with Gasteiger partial charge in [-0.2, -0.15) is 8.42 Å². The summed E-state index contributed by atoms with van der Waals surface area (Å²) in [4.78, 5) is 8.29. The summed E-state index contributed by atoms with van der Waals surface area (Å²) < 4.78 is 29.7.